The van der Waals surface area contributed by atoms with Gasteiger partial charge < -0.3 is 56.8 Å². The van der Waals surface area contributed by atoms with Crippen LogP contribution < -0.4 is 0 Å². The molecule has 0 aromatic rings. The van der Waals surface area contributed by atoms with E-state index in [0.717, 1.165) is 128 Å². The van der Waals surface area contributed by atoms with Gasteiger partial charge in [0, 0.05) is 74.8 Å². The number of carbonyl (C=O) groups is 12. The van der Waals surface area contributed by atoms with Gasteiger partial charge in [-0.05, 0) is 232 Å². The quantitative estimate of drug-likeness (QED) is 0.0179. The summed E-state index contributed by atoms with van der Waals surface area (Å²) in [6.07, 6.45) is 52.4. The monoisotopic (exact) mass is 1980 g/mol. The minimum atomic E-state index is -0.407. The molecular formula is C116H200O24. The molecule has 0 aromatic carbocycles. The summed E-state index contributed by atoms with van der Waals surface area (Å²) in [4.78, 5) is 130. The summed E-state index contributed by atoms with van der Waals surface area (Å²) in [5, 5.41) is 0. The van der Waals surface area contributed by atoms with Gasteiger partial charge in [0.2, 0.25) is 0 Å². The van der Waals surface area contributed by atoms with Crippen molar-refractivity contribution in [2.24, 2.45) is 11.8 Å². The molecule has 0 heterocycles. The molecule has 0 aliphatic heterocycles. The first-order chi connectivity index (χ1) is 65.7. The summed E-state index contributed by atoms with van der Waals surface area (Å²) >= 11 is 0. The lowest BCUT2D eigenvalue weighted by Crippen LogP contribution is -2.27. The molecule has 2 saturated carbocycles. The van der Waals surface area contributed by atoms with E-state index in [0.29, 0.717) is 102 Å². The van der Waals surface area contributed by atoms with Gasteiger partial charge in [-0.1, -0.05) is 288 Å². The molecule has 3 rings (SSSR count). The van der Waals surface area contributed by atoms with Crippen LogP contribution >= 0.6 is 0 Å². The Morgan fingerprint density at radius 1 is 0.314 bits per heavy atom. The van der Waals surface area contributed by atoms with Gasteiger partial charge in [0.05, 0.1) is 45.7 Å². The van der Waals surface area contributed by atoms with Crippen LogP contribution in [0.3, 0.4) is 0 Å². The van der Waals surface area contributed by atoms with E-state index in [-0.39, 0.29) is 102 Å². The van der Waals surface area contributed by atoms with Crippen molar-refractivity contribution < 1.29 is 114 Å². The highest BCUT2D eigenvalue weighted by Gasteiger charge is 2.23. The molecule has 2 fully saturated rings. The summed E-state index contributed by atoms with van der Waals surface area (Å²) in [7, 11) is 0. The molecule has 24 heteroatoms. The zero-order chi connectivity index (χ0) is 109. The van der Waals surface area contributed by atoms with Crippen molar-refractivity contribution in [1.82, 2.24) is 0 Å². The van der Waals surface area contributed by atoms with Gasteiger partial charge in [0.25, 0.3) is 0 Å². The van der Waals surface area contributed by atoms with Crippen molar-refractivity contribution in [3.8, 4) is 0 Å². The molecule has 0 spiro atoms. The molecule has 140 heavy (non-hydrogen) atoms. The highest BCUT2D eigenvalue weighted by atomic mass is 16.6. The van der Waals surface area contributed by atoms with E-state index in [9.17, 15) is 57.5 Å². The fraction of sp³-hybridized carbons (Fsp3) is 0.672. The van der Waals surface area contributed by atoms with E-state index in [1.807, 2.05) is 48.5 Å². The Morgan fingerprint density at radius 3 is 0.886 bits per heavy atom. The van der Waals surface area contributed by atoms with Crippen LogP contribution in [0, 0.1) is 11.8 Å². The molecule has 0 bridgehead atoms. The van der Waals surface area contributed by atoms with E-state index in [2.05, 4.69) is 144 Å². The highest BCUT2D eigenvalue weighted by Crippen LogP contribution is 2.24. The van der Waals surface area contributed by atoms with Gasteiger partial charge in [0.1, 0.15) is 29.5 Å². The third-order valence-electron chi connectivity index (χ3n) is 19.9. The average molecular weight is 1980 g/mol. The van der Waals surface area contributed by atoms with E-state index >= 15 is 0 Å². The largest absolute Gasteiger partial charge is 0.463 e. The normalized spacial score (nSPS) is 12.7. The second-order valence-corrected chi connectivity index (χ2v) is 37.0. The Bertz CT molecular complexity index is 3520. The number of esters is 12. The van der Waals surface area contributed by atoms with Crippen LogP contribution in [0.4, 0.5) is 0 Å². The summed E-state index contributed by atoms with van der Waals surface area (Å²) < 4.78 is 59.8. The molecule has 0 saturated heterocycles. The summed E-state index contributed by atoms with van der Waals surface area (Å²) in [6.45, 7) is 91.6. The Morgan fingerprint density at radius 2 is 0.600 bits per heavy atom. The number of allylic oxidation sites excluding steroid dienone is 1. The number of hydrogen-bond acceptors (Lipinski definition) is 24. The lowest BCUT2D eigenvalue weighted by atomic mass is 9.98. The van der Waals surface area contributed by atoms with Crippen LogP contribution in [0.25, 0.3) is 0 Å². The zero-order valence-corrected chi connectivity index (χ0v) is 93.0. The van der Waals surface area contributed by atoms with Gasteiger partial charge in [0.15, 0.2) is 0 Å². The van der Waals surface area contributed by atoms with Crippen LogP contribution in [0.1, 0.15) is 424 Å². The van der Waals surface area contributed by atoms with Crippen molar-refractivity contribution in [1.29, 1.82) is 0 Å². The van der Waals surface area contributed by atoms with E-state index in [1.165, 1.54) is 140 Å². The van der Waals surface area contributed by atoms with E-state index < -0.39 is 5.60 Å². The SMILES string of the molecule is C=C(C)C(=O)OC(C)(C)C.C=C(C)C(=O)OC(C)(C)CC.C=C(C)C(=O)OC(C)C.C=C(C)C(=O)OC1CC=CCC1.C=C(C)C(=O)OC1CCCC1.C=C(C)C(=O)OC1CCCCC1.C=C(C)C(=O)OCC(CC)CCCC.C=C(C)C(=O)OCCCC.C=C(C)C(=O)OCCCCCCCCC.C=CC(=O)OCC(CC)CCCC.C=CC(=O)OCCCC.C=CC(=O)OCCCCCCCCC. The predicted octanol–water partition coefficient (Wildman–Crippen LogP) is 29.4. The molecule has 3 unspecified atom stereocenters. The maximum atomic E-state index is 11.1. The first-order valence-electron chi connectivity index (χ1n) is 51.4. The number of ether oxygens (including phenoxy) is 12. The van der Waals surface area contributed by atoms with E-state index in [4.69, 9.17) is 52.1 Å². The van der Waals surface area contributed by atoms with Crippen molar-refractivity contribution in [3.05, 3.63) is 159 Å². The number of hydrogen-bond donors (Lipinski definition) is 0. The van der Waals surface area contributed by atoms with Crippen molar-refractivity contribution in [2.45, 2.75) is 459 Å². The van der Waals surface area contributed by atoms with Crippen LogP contribution in [0.15, 0.2) is 159 Å². The van der Waals surface area contributed by atoms with Crippen LogP contribution in [-0.4, -0.2) is 147 Å². The molecule has 3 atom stereocenters. The third kappa shape index (κ3) is 112. The van der Waals surface area contributed by atoms with Crippen LogP contribution in [0.5, 0.6) is 0 Å². The lowest BCUT2D eigenvalue weighted by Gasteiger charge is -2.23. The standard InChI is InChI=1S/C13H24O2.2C12H22O2.C11H20O2.C10H16O2.C10H14O2.C9H14O2.C9H16O2.2C8H14O2.2C7H12O2/c1-4-5-6-7-8-9-10-11-15-13(14)12(2)3;1-5-7-8-11(6-2)9-14-12(13)10(3)4;1-3-5-6-7-8-9-10-11-14-12(13)4-2;1-4-7-8-10(5-2)9-13-11(12)6-3;2*1-8(2)10(11)12-9-6-4-3-5-7-9;1-7(2)9(10)11-8-5-3-4-6-8;1-6-9(4,5)11-8(10)7(2)3;1-6(2)7(9)10-8(3,4)5;1-4-5-6-10-8(9)7(2)3;1-5(2)7(8)9-6(3)4;1-3-5-6-9-7(8)4-2/h2,4-11H2,1,3H3;11H,3,5-9H2,1-2,4H3;4H,2-3,5-11H2,1H3;6,10H,3-5,7-9H2,1-2H3;9H,1,3-7H2,2H3;3-4,9H,1,5-7H2,2H3;8H,1,3-6H2,2H3;2,6H2,1,3-5H3;1H2,2-5H3;2,4-6H2,1,3H3;6H,1H2,2-4H3;4H,2-3,5-6H2,1H3. The molecular weight excluding hydrogens is 1780 g/mol. The second-order valence-electron chi connectivity index (χ2n) is 37.0. The smallest absolute Gasteiger partial charge is 0.333 e. The van der Waals surface area contributed by atoms with Crippen molar-refractivity contribution in [2.75, 3.05) is 39.6 Å². The van der Waals surface area contributed by atoms with Gasteiger partial charge in [-0.2, -0.15) is 0 Å². The Kier molecular flexibility index (Phi) is 107. The molecule has 0 N–H and O–H groups in total. The van der Waals surface area contributed by atoms with Gasteiger partial charge in [-0.15, -0.1) is 0 Å². The van der Waals surface area contributed by atoms with Crippen LogP contribution in [0.2, 0.25) is 0 Å². The number of carbonyl (C=O) groups excluding carboxylic acids is 12. The first kappa shape index (κ1) is 148. The van der Waals surface area contributed by atoms with Gasteiger partial charge >= 0.3 is 71.6 Å². The van der Waals surface area contributed by atoms with E-state index in [1.54, 1.807) is 76.2 Å². The Hall–Kier alpha value is -9.74. The molecule has 3 aliphatic carbocycles. The minimum absolute atomic E-state index is 0.0470. The number of unbranched alkanes of at least 4 members (excludes halogenated alkanes) is 16. The van der Waals surface area contributed by atoms with Crippen LogP contribution in [-0.2, 0) is 114 Å². The maximum absolute atomic E-state index is 11.1. The summed E-state index contributed by atoms with van der Waals surface area (Å²) in [5.41, 5.74) is 3.48. The van der Waals surface area contributed by atoms with Gasteiger partial charge in [-0.3, -0.25) is 0 Å². The van der Waals surface area contributed by atoms with Crippen molar-refractivity contribution in [3.63, 3.8) is 0 Å². The molecule has 3 aliphatic rings. The fourth-order valence-electron chi connectivity index (χ4n) is 10.7. The first-order valence-corrected chi connectivity index (χ1v) is 51.4. The zero-order valence-electron chi connectivity index (χ0n) is 93.0. The Labute approximate surface area is 851 Å². The number of rotatable bonds is 52. The lowest BCUT2D eigenvalue weighted by molar-refractivity contribution is -0.152. The maximum Gasteiger partial charge on any atom is 0.333 e. The molecule has 0 amide bonds. The highest BCUT2D eigenvalue weighted by molar-refractivity contribution is 5.90. The second kappa shape index (κ2) is 101. The average Bonchev–Trinajstić information content (AvgIpc) is 0.910. The summed E-state index contributed by atoms with van der Waals surface area (Å²) in [5.74, 6) is -2.42. The third-order valence-corrected chi connectivity index (χ3v) is 19.9. The molecule has 0 aromatic heterocycles. The van der Waals surface area contributed by atoms with Gasteiger partial charge in [-0.25, -0.2) is 57.5 Å². The Balaban J connectivity index is -0.000000192. The molecule has 808 valence electrons. The topological polar surface area (TPSA) is 316 Å². The molecule has 0 radical (unpaired) electrons. The summed E-state index contributed by atoms with van der Waals surface area (Å²) in [6, 6.07) is 0. The van der Waals surface area contributed by atoms with Crippen molar-refractivity contribution >= 4 is 71.6 Å². The molecule has 24 nitrogen and oxygen atoms in total. The minimum Gasteiger partial charge on any atom is -0.463 e. The predicted molar refractivity (Wildman–Crippen MR) is 574 cm³/mol. The fourth-order valence-corrected chi connectivity index (χ4v) is 10.7.